The van der Waals surface area contributed by atoms with Crippen LogP contribution >= 0.6 is 46.4 Å². The van der Waals surface area contributed by atoms with E-state index in [1.165, 1.54) is 12.8 Å². The lowest BCUT2D eigenvalue weighted by atomic mass is 10.0. The predicted octanol–water partition coefficient (Wildman–Crippen LogP) is 7.92. The number of hydrogen-bond acceptors (Lipinski definition) is 4. The third kappa shape index (κ3) is 15.0. The van der Waals surface area contributed by atoms with Crippen LogP contribution in [0.3, 0.4) is 0 Å². The average molecular weight is 508 g/mol. The Morgan fingerprint density at radius 2 is 0.800 bits per heavy atom. The van der Waals surface area contributed by atoms with Crippen LogP contribution in [0.2, 0.25) is 0 Å². The Kier molecular flexibility index (Phi) is 15.9. The van der Waals surface area contributed by atoms with Gasteiger partial charge in [-0.15, -0.1) is 0 Å². The van der Waals surface area contributed by atoms with Gasteiger partial charge < -0.3 is 9.47 Å². The SMILES string of the molecule is CC(C)OC(=O)C(Cl)(Cl)CCCCCCCCCCCCC(Cl)(Cl)C(=O)OC(C)C. The van der Waals surface area contributed by atoms with E-state index in [0.717, 1.165) is 51.4 Å². The van der Waals surface area contributed by atoms with Gasteiger partial charge in [0.05, 0.1) is 12.2 Å². The first-order valence-electron chi connectivity index (χ1n) is 11.1. The number of carbonyl (C=O) groups excluding carboxylic acids is 2. The molecule has 0 aromatic heterocycles. The van der Waals surface area contributed by atoms with Crippen molar-refractivity contribution in [2.24, 2.45) is 0 Å². The summed E-state index contributed by atoms with van der Waals surface area (Å²) in [4.78, 5) is 23.6. The quantitative estimate of drug-likeness (QED) is 0.114. The third-order valence-corrected chi connectivity index (χ3v) is 5.89. The second-order valence-corrected chi connectivity index (χ2v) is 11.3. The largest absolute Gasteiger partial charge is 0.461 e. The summed E-state index contributed by atoms with van der Waals surface area (Å²) in [5.41, 5.74) is 0. The summed E-state index contributed by atoms with van der Waals surface area (Å²) in [6.45, 7) is 7.09. The van der Waals surface area contributed by atoms with Crippen LogP contribution in [-0.4, -0.2) is 32.8 Å². The fourth-order valence-electron chi connectivity index (χ4n) is 2.91. The van der Waals surface area contributed by atoms with Gasteiger partial charge in [-0.3, -0.25) is 0 Å². The van der Waals surface area contributed by atoms with E-state index in [1.54, 1.807) is 27.7 Å². The molecule has 0 bridgehead atoms. The van der Waals surface area contributed by atoms with Gasteiger partial charge in [0.15, 0.2) is 0 Å². The number of esters is 2. The van der Waals surface area contributed by atoms with Crippen LogP contribution in [0.4, 0.5) is 0 Å². The summed E-state index contributed by atoms with van der Waals surface area (Å²) >= 11 is 24.3. The molecule has 0 aliphatic heterocycles. The molecule has 0 spiro atoms. The van der Waals surface area contributed by atoms with Gasteiger partial charge in [0, 0.05) is 0 Å². The summed E-state index contributed by atoms with van der Waals surface area (Å²) < 4.78 is 7.25. The van der Waals surface area contributed by atoms with Crippen LogP contribution in [0.1, 0.15) is 105 Å². The molecule has 0 aliphatic carbocycles. The van der Waals surface area contributed by atoms with Crippen LogP contribution in [0.15, 0.2) is 0 Å². The van der Waals surface area contributed by atoms with E-state index < -0.39 is 20.6 Å². The van der Waals surface area contributed by atoms with Gasteiger partial charge in [0.2, 0.25) is 8.67 Å². The summed E-state index contributed by atoms with van der Waals surface area (Å²) in [6.07, 6.45) is 10.8. The maximum atomic E-state index is 11.8. The molecule has 0 N–H and O–H groups in total. The molecule has 4 nitrogen and oxygen atoms in total. The fraction of sp³-hybridized carbons (Fsp3) is 0.909. The van der Waals surface area contributed by atoms with Crippen LogP contribution in [0.5, 0.6) is 0 Å². The summed E-state index contributed by atoms with van der Waals surface area (Å²) in [5, 5.41) is 0. The van der Waals surface area contributed by atoms with Gasteiger partial charge in [-0.1, -0.05) is 97.8 Å². The molecule has 0 aromatic rings. The zero-order valence-electron chi connectivity index (χ0n) is 18.8. The minimum Gasteiger partial charge on any atom is -0.461 e. The van der Waals surface area contributed by atoms with Gasteiger partial charge in [-0.2, -0.15) is 0 Å². The molecular formula is C22H38Cl4O4. The van der Waals surface area contributed by atoms with Gasteiger partial charge in [-0.25, -0.2) is 9.59 Å². The molecule has 0 aromatic carbocycles. The molecule has 0 aliphatic rings. The Labute approximate surface area is 202 Å². The molecule has 0 rings (SSSR count). The molecule has 30 heavy (non-hydrogen) atoms. The molecule has 0 heterocycles. The zero-order valence-corrected chi connectivity index (χ0v) is 21.8. The molecule has 0 radical (unpaired) electrons. The first kappa shape index (κ1) is 30.1. The van der Waals surface area contributed by atoms with E-state index in [4.69, 9.17) is 55.9 Å². The molecule has 0 saturated carbocycles. The first-order valence-corrected chi connectivity index (χ1v) is 12.6. The van der Waals surface area contributed by atoms with E-state index in [9.17, 15) is 9.59 Å². The number of hydrogen-bond donors (Lipinski definition) is 0. The Morgan fingerprint density at radius 1 is 0.567 bits per heavy atom. The molecule has 0 atom stereocenters. The van der Waals surface area contributed by atoms with Gasteiger partial charge in [0.25, 0.3) is 0 Å². The number of alkyl halides is 4. The van der Waals surface area contributed by atoms with Gasteiger partial charge in [-0.05, 0) is 53.4 Å². The highest BCUT2D eigenvalue weighted by Gasteiger charge is 2.36. The van der Waals surface area contributed by atoms with E-state index in [2.05, 4.69) is 0 Å². The molecule has 178 valence electrons. The van der Waals surface area contributed by atoms with Crippen molar-refractivity contribution >= 4 is 58.3 Å². The van der Waals surface area contributed by atoms with Crippen molar-refractivity contribution in [1.82, 2.24) is 0 Å². The predicted molar refractivity (Wildman–Crippen MR) is 127 cm³/mol. The van der Waals surface area contributed by atoms with Crippen molar-refractivity contribution in [3.63, 3.8) is 0 Å². The molecule has 8 heteroatoms. The van der Waals surface area contributed by atoms with Crippen LogP contribution in [0, 0.1) is 0 Å². The van der Waals surface area contributed by atoms with Crippen LogP contribution in [-0.2, 0) is 19.1 Å². The molecule has 0 amide bonds. The fourth-order valence-corrected chi connectivity index (χ4v) is 3.63. The molecule has 0 saturated heterocycles. The van der Waals surface area contributed by atoms with Crippen molar-refractivity contribution in [3.05, 3.63) is 0 Å². The second-order valence-electron chi connectivity index (χ2n) is 8.35. The van der Waals surface area contributed by atoms with Crippen molar-refractivity contribution in [1.29, 1.82) is 0 Å². The Bertz CT molecular complexity index is 450. The second kappa shape index (κ2) is 15.8. The molecule has 0 unspecified atom stereocenters. The minimum atomic E-state index is -1.44. The lowest BCUT2D eigenvalue weighted by Crippen LogP contribution is -2.30. The number of unbranched alkanes of at least 4 members (excludes halogenated alkanes) is 9. The first-order chi connectivity index (χ1) is 13.9. The molecule has 0 fully saturated rings. The monoisotopic (exact) mass is 506 g/mol. The van der Waals surface area contributed by atoms with Crippen LogP contribution < -0.4 is 0 Å². The van der Waals surface area contributed by atoms with Gasteiger partial charge >= 0.3 is 11.9 Å². The van der Waals surface area contributed by atoms with Crippen molar-refractivity contribution in [2.75, 3.05) is 0 Å². The van der Waals surface area contributed by atoms with E-state index >= 15 is 0 Å². The van der Waals surface area contributed by atoms with Crippen molar-refractivity contribution in [3.8, 4) is 0 Å². The normalized spacial score (nSPS) is 12.5. The maximum Gasteiger partial charge on any atom is 0.342 e. The number of rotatable bonds is 17. The highest BCUT2D eigenvalue weighted by molar-refractivity contribution is 6.57. The standard InChI is InChI=1S/C22H38Cl4O4/c1-17(2)29-19(27)21(23,24)15-13-11-9-7-5-6-8-10-12-14-16-22(25,26)20(28)30-18(3)4/h17-18H,5-16H2,1-4H3. The summed E-state index contributed by atoms with van der Waals surface area (Å²) in [7, 11) is 0. The number of carbonyl (C=O) groups is 2. The maximum absolute atomic E-state index is 11.8. The van der Waals surface area contributed by atoms with Crippen molar-refractivity contribution in [2.45, 2.75) is 126 Å². The molecular weight excluding hydrogens is 470 g/mol. The lowest BCUT2D eigenvalue weighted by Gasteiger charge is -2.19. The lowest BCUT2D eigenvalue weighted by molar-refractivity contribution is -0.149. The van der Waals surface area contributed by atoms with Crippen LogP contribution in [0.25, 0.3) is 0 Å². The minimum absolute atomic E-state index is 0.219. The smallest absolute Gasteiger partial charge is 0.342 e. The highest BCUT2D eigenvalue weighted by Crippen LogP contribution is 2.31. The van der Waals surface area contributed by atoms with Crippen molar-refractivity contribution < 1.29 is 19.1 Å². The van der Waals surface area contributed by atoms with E-state index in [-0.39, 0.29) is 12.2 Å². The zero-order chi connectivity index (χ0) is 23.2. The third-order valence-electron chi connectivity index (χ3n) is 4.51. The average Bonchev–Trinajstić information content (AvgIpc) is 2.61. The number of ether oxygens (including phenoxy) is 2. The number of halogens is 4. The Morgan fingerprint density at radius 3 is 1.03 bits per heavy atom. The van der Waals surface area contributed by atoms with Gasteiger partial charge in [0.1, 0.15) is 0 Å². The highest BCUT2D eigenvalue weighted by atomic mass is 35.5. The summed E-state index contributed by atoms with van der Waals surface area (Å²) in [5.74, 6) is -1.11. The Balaban J connectivity index is 3.63. The summed E-state index contributed by atoms with van der Waals surface area (Å²) in [6, 6.07) is 0. The van der Waals surface area contributed by atoms with E-state index in [0.29, 0.717) is 12.8 Å². The van der Waals surface area contributed by atoms with E-state index in [1.807, 2.05) is 0 Å². The topological polar surface area (TPSA) is 52.6 Å². The Hall–Kier alpha value is 0.1000.